The van der Waals surface area contributed by atoms with E-state index in [1.54, 1.807) is 0 Å². The van der Waals surface area contributed by atoms with Crippen LogP contribution in [0.2, 0.25) is 0 Å². The van der Waals surface area contributed by atoms with E-state index >= 15 is 0 Å². The van der Waals surface area contributed by atoms with E-state index in [0.29, 0.717) is 12.1 Å². The molecule has 2 rings (SSSR count). The molecule has 0 aliphatic heterocycles. The molecule has 0 heterocycles. The molecule has 0 atom stereocenters. The van der Waals surface area contributed by atoms with Crippen LogP contribution in [0.15, 0.2) is 18.2 Å². The average molecular weight is 275 g/mol. The summed E-state index contributed by atoms with van der Waals surface area (Å²) in [5, 5.41) is 3.55. The van der Waals surface area contributed by atoms with E-state index in [1.165, 1.54) is 17.5 Å². The van der Waals surface area contributed by atoms with E-state index in [1.807, 2.05) is 0 Å². The molecule has 0 unspecified atom stereocenters. The third-order valence-corrected chi connectivity index (χ3v) is 4.11. The first-order chi connectivity index (χ1) is 9.40. The molecule has 0 amide bonds. The molecule has 1 saturated carbocycles. The zero-order valence-corrected chi connectivity index (χ0v) is 13.6. The molecule has 0 radical (unpaired) electrons. The molecule has 2 nitrogen and oxygen atoms in total. The Bertz CT molecular complexity index is 441. The second kappa shape index (κ2) is 6.17. The first-order valence-electron chi connectivity index (χ1n) is 7.91. The normalized spacial score (nSPS) is 22.4. The summed E-state index contributed by atoms with van der Waals surface area (Å²) in [5.74, 6) is 1.05. The maximum Gasteiger partial charge on any atom is 0.122 e. The van der Waals surface area contributed by atoms with Gasteiger partial charge in [-0.2, -0.15) is 0 Å². The Morgan fingerprint density at radius 2 is 1.95 bits per heavy atom. The van der Waals surface area contributed by atoms with Crippen LogP contribution in [0, 0.1) is 6.92 Å². The average Bonchev–Trinajstić information content (AvgIpc) is 2.32. The lowest BCUT2D eigenvalue weighted by molar-refractivity contribution is 0.0845. The smallest absolute Gasteiger partial charge is 0.122 e. The summed E-state index contributed by atoms with van der Waals surface area (Å²) in [6, 6.07) is 7.27. The van der Waals surface area contributed by atoms with E-state index in [-0.39, 0.29) is 5.41 Å². The topological polar surface area (TPSA) is 21.3 Å². The summed E-state index contributed by atoms with van der Waals surface area (Å²) in [7, 11) is 0. The minimum Gasteiger partial charge on any atom is -0.490 e. The maximum absolute atomic E-state index is 6.12. The number of hydrogen-bond acceptors (Lipinski definition) is 2. The number of ether oxygens (including phenoxy) is 1. The van der Waals surface area contributed by atoms with Crippen LogP contribution >= 0.6 is 0 Å². The molecular formula is C18H29NO. The molecule has 1 aromatic carbocycles. The van der Waals surface area contributed by atoms with Crippen LogP contribution in [0.1, 0.15) is 58.1 Å². The predicted octanol–water partition coefficient (Wildman–Crippen LogP) is 4.20. The fraction of sp³-hybridized carbons (Fsp3) is 0.667. The van der Waals surface area contributed by atoms with Crippen molar-refractivity contribution in [3.8, 4) is 5.75 Å². The molecule has 0 spiro atoms. The fourth-order valence-electron chi connectivity index (χ4n) is 2.60. The Hall–Kier alpha value is -1.02. The van der Waals surface area contributed by atoms with E-state index in [0.717, 1.165) is 25.1 Å². The van der Waals surface area contributed by atoms with Gasteiger partial charge in [-0.05, 0) is 55.3 Å². The third kappa shape index (κ3) is 3.76. The van der Waals surface area contributed by atoms with Crippen LogP contribution in [0.4, 0.5) is 0 Å². The van der Waals surface area contributed by atoms with Crippen LogP contribution in [0.3, 0.4) is 0 Å². The summed E-state index contributed by atoms with van der Waals surface area (Å²) in [6.45, 7) is 12.2. The molecule has 0 aromatic heterocycles. The second-order valence-corrected chi connectivity index (χ2v) is 7.09. The van der Waals surface area contributed by atoms with E-state index in [9.17, 15) is 0 Å². The molecule has 20 heavy (non-hydrogen) atoms. The first kappa shape index (κ1) is 15.4. The van der Waals surface area contributed by atoms with E-state index in [4.69, 9.17) is 4.74 Å². The molecule has 0 bridgehead atoms. The van der Waals surface area contributed by atoms with Gasteiger partial charge < -0.3 is 10.1 Å². The summed E-state index contributed by atoms with van der Waals surface area (Å²) in [4.78, 5) is 0. The van der Waals surface area contributed by atoms with Crippen molar-refractivity contribution in [3.63, 3.8) is 0 Å². The van der Waals surface area contributed by atoms with Crippen LogP contribution in [0.25, 0.3) is 0 Å². The summed E-state index contributed by atoms with van der Waals surface area (Å²) in [5.41, 5.74) is 2.83. The molecule has 1 aromatic rings. The lowest BCUT2D eigenvalue weighted by atomic mass is 9.86. The van der Waals surface area contributed by atoms with Gasteiger partial charge in [0, 0.05) is 6.04 Å². The quantitative estimate of drug-likeness (QED) is 0.869. The van der Waals surface area contributed by atoms with E-state index in [2.05, 4.69) is 58.1 Å². The Balaban J connectivity index is 1.89. The Kier molecular flexibility index (Phi) is 4.74. The van der Waals surface area contributed by atoms with E-state index < -0.39 is 0 Å². The van der Waals surface area contributed by atoms with Crippen molar-refractivity contribution in [2.75, 3.05) is 6.54 Å². The molecule has 1 aliphatic carbocycles. The molecule has 2 heteroatoms. The van der Waals surface area contributed by atoms with Crippen molar-refractivity contribution in [3.05, 3.63) is 29.3 Å². The zero-order valence-electron chi connectivity index (χ0n) is 13.6. The molecule has 112 valence electrons. The highest BCUT2D eigenvalue weighted by molar-refractivity contribution is 5.39. The summed E-state index contributed by atoms with van der Waals surface area (Å²) < 4.78 is 6.12. The van der Waals surface area contributed by atoms with Crippen LogP contribution in [-0.4, -0.2) is 18.7 Å². The van der Waals surface area contributed by atoms with Gasteiger partial charge in [0.25, 0.3) is 0 Å². The van der Waals surface area contributed by atoms with Crippen LogP contribution < -0.4 is 10.1 Å². The number of rotatable bonds is 5. The van der Waals surface area contributed by atoms with Gasteiger partial charge >= 0.3 is 0 Å². The molecule has 1 N–H and O–H groups in total. The van der Waals surface area contributed by atoms with Crippen LogP contribution in [-0.2, 0) is 5.41 Å². The lowest BCUT2D eigenvalue weighted by Crippen LogP contribution is -2.47. The number of aryl methyl sites for hydroxylation is 1. The molecule has 0 saturated heterocycles. The van der Waals surface area contributed by atoms with Crippen molar-refractivity contribution < 1.29 is 4.74 Å². The van der Waals surface area contributed by atoms with Crippen molar-refractivity contribution in [1.29, 1.82) is 0 Å². The summed E-state index contributed by atoms with van der Waals surface area (Å²) in [6.07, 6.45) is 3.87. The zero-order chi connectivity index (χ0) is 14.8. The first-order valence-corrected chi connectivity index (χ1v) is 7.91. The van der Waals surface area contributed by atoms with Gasteiger partial charge in [0.05, 0.1) is 0 Å². The predicted molar refractivity (Wildman–Crippen MR) is 85.6 cm³/mol. The highest BCUT2D eigenvalue weighted by Gasteiger charge is 2.30. The third-order valence-electron chi connectivity index (χ3n) is 4.11. The van der Waals surface area contributed by atoms with Crippen molar-refractivity contribution in [2.24, 2.45) is 0 Å². The van der Waals surface area contributed by atoms with Crippen molar-refractivity contribution in [1.82, 2.24) is 5.32 Å². The second-order valence-electron chi connectivity index (χ2n) is 7.09. The lowest BCUT2D eigenvalue weighted by Gasteiger charge is -2.36. The maximum atomic E-state index is 6.12. The monoisotopic (exact) mass is 275 g/mol. The van der Waals surface area contributed by atoms with Gasteiger partial charge in [-0.3, -0.25) is 0 Å². The molecule has 1 fully saturated rings. The van der Waals surface area contributed by atoms with Gasteiger partial charge in [-0.25, -0.2) is 0 Å². The fourth-order valence-corrected chi connectivity index (χ4v) is 2.60. The Morgan fingerprint density at radius 3 is 2.50 bits per heavy atom. The van der Waals surface area contributed by atoms with Crippen LogP contribution in [0.5, 0.6) is 5.75 Å². The Morgan fingerprint density at radius 1 is 1.25 bits per heavy atom. The van der Waals surface area contributed by atoms with Crippen molar-refractivity contribution in [2.45, 2.75) is 71.4 Å². The highest BCUT2D eigenvalue weighted by atomic mass is 16.5. The highest BCUT2D eigenvalue weighted by Crippen LogP contribution is 2.31. The van der Waals surface area contributed by atoms with Gasteiger partial charge in [0.15, 0.2) is 0 Å². The standard InChI is InChI=1S/C18H29NO/c1-6-9-19-15-11-16(12-15)20-17-8-7-14(10-13(17)2)18(3,4)5/h7-8,10,15-16,19H,6,9,11-12H2,1-5H3. The minimum absolute atomic E-state index is 0.203. The Labute approximate surface area is 123 Å². The number of benzene rings is 1. The largest absolute Gasteiger partial charge is 0.490 e. The van der Waals surface area contributed by atoms with Crippen molar-refractivity contribution >= 4 is 0 Å². The van der Waals surface area contributed by atoms with Gasteiger partial charge in [0.2, 0.25) is 0 Å². The minimum atomic E-state index is 0.203. The van der Waals surface area contributed by atoms with Gasteiger partial charge in [-0.1, -0.05) is 39.8 Å². The van der Waals surface area contributed by atoms with Gasteiger partial charge in [0.1, 0.15) is 11.9 Å². The summed E-state index contributed by atoms with van der Waals surface area (Å²) >= 11 is 0. The SMILES string of the molecule is CCCNC1CC(Oc2ccc(C(C)(C)C)cc2C)C1. The molecular weight excluding hydrogens is 246 g/mol. The number of hydrogen-bond donors (Lipinski definition) is 1. The van der Waals surface area contributed by atoms with Gasteiger partial charge in [-0.15, -0.1) is 0 Å². The molecule has 1 aliphatic rings. The number of nitrogens with one attached hydrogen (secondary N) is 1.